The molecule has 0 radical (unpaired) electrons. The van der Waals surface area contributed by atoms with Gasteiger partial charge in [0.15, 0.2) is 6.61 Å². The molecule has 0 aromatic heterocycles. The predicted octanol–water partition coefficient (Wildman–Crippen LogP) is 4.39. The van der Waals surface area contributed by atoms with Crippen molar-refractivity contribution in [2.75, 3.05) is 25.1 Å². The largest absolute Gasteiger partial charge is 0.491 e. The number of carbonyl (C=O) groups is 1. The van der Waals surface area contributed by atoms with Gasteiger partial charge in [-0.2, -0.15) is 0 Å². The predicted molar refractivity (Wildman–Crippen MR) is 106 cm³/mol. The summed E-state index contributed by atoms with van der Waals surface area (Å²) in [5.74, 6) is 1.67. The zero-order valence-corrected chi connectivity index (χ0v) is 15.9. The van der Waals surface area contributed by atoms with Gasteiger partial charge in [-0.05, 0) is 54.7 Å². The Bertz CT molecular complexity index is 736. The lowest BCUT2D eigenvalue weighted by molar-refractivity contribution is -0.118. The molecule has 0 saturated carbocycles. The van der Waals surface area contributed by atoms with Gasteiger partial charge in [-0.25, -0.2) is 0 Å². The second-order valence-corrected chi connectivity index (χ2v) is 7.00. The minimum absolute atomic E-state index is 0.0268. The van der Waals surface area contributed by atoms with Crippen molar-refractivity contribution in [1.82, 2.24) is 0 Å². The third-order valence-electron chi connectivity index (χ3n) is 4.50. The maximum atomic E-state index is 12.2. The van der Waals surface area contributed by atoms with Crippen LogP contribution >= 0.6 is 0 Å². The van der Waals surface area contributed by atoms with Crippen LogP contribution in [0.2, 0.25) is 0 Å². The summed E-state index contributed by atoms with van der Waals surface area (Å²) < 4.78 is 17.0. The highest BCUT2D eigenvalue weighted by Crippen LogP contribution is 2.26. The molecule has 0 aliphatic carbocycles. The number of amides is 1. The summed E-state index contributed by atoms with van der Waals surface area (Å²) >= 11 is 0. The zero-order valence-electron chi connectivity index (χ0n) is 15.9. The van der Waals surface area contributed by atoms with Crippen molar-refractivity contribution in [3.8, 4) is 11.5 Å². The van der Waals surface area contributed by atoms with E-state index in [1.807, 2.05) is 48.5 Å². The van der Waals surface area contributed by atoms with Gasteiger partial charge in [-0.3, -0.25) is 4.79 Å². The highest BCUT2D eigenvalue weighted by atomic mass is 16.5. The van der Waals surface area contributed by atoms with Crippen molar-refractivity contribution in [3.05, 3.63) is 54.1 Å². The van der Waals surface area contributed by atoms with Gasteiger partial charge in [0.25, 0.3) is 5.91 Å². The number of ether oxygens (including phenoxy) is 3. The average Bonchev–Trinajstić information content (AvgIpc) is 3.19. The van der Waals surface area contributed by atoms with Gasteiger partial charge < -0.3 is 19.5 Å². The molecule has 0 spiro atoms. The van der Waals surface area contributed by atoms with E-state index < -0.39 is 0 Å². The summed E-state index contributed by atoms with van der Waals surface area (Å²) in [4.78, 5) is 12.2. The van der Waals surface area contributed by atoms with E-state index in [4.69, 9.17) is 14.2 Å². The Balaban J connectivity index is 1.46. The van der Waals surface area contributed by atoms with Crippen LogP contribution in [-0.4, -0.2) is 31.8 Å². The molecule has 1 amide bonds. The smallest absolute Gasteiger partial charge is 0.262 e. The molecule has 5 nitrogen and oxygen atoms in total. The monoisotopic (exact) mass is 369 g/mol. The van der Waals surface area contributed by atoms with E-state index in [9.17, 15) is 4.79 Å². The van der Waals surface area contributed by atoms with Gasteiger partial charge >= 0.3 is 0 Å². The molecule has 0 bridgehead atoms. The van der Waals surface area contributed by atoms with Gasteiger partial charge in [-0.15, -0.1) is 0 Å². The first-order chi connectivity index (χ1) is 13.1. The van der Waals surface area contributed by atoms with E-state index in [0.717, 1.165) is 36.5 Å². The summed E-state index contributed by atoms with van der Waals surface area (Å²) in [6, 6.07) is 15.1. The molecular weight excluding hydrogens is 342 g/mol. The van der Waals surface area contributed by atoms with Crippen molar-refractivity contribution < 1.29 is 19.0 Å². The maximum absolute atomic E-state index is 12.2. The third-order valence-corrected chi connectivity index (χ3v) is 4.50. The summed E-state index contributed by atoms with van der Waals surface area (Å²) in [5, 5.41) is 2.84. The van der Waals surface area contributed by atoms with Crippen molar-refractivity contribution in [2.24, 2.45) is 0 Å². The maximum Gasteiger partial charge on any atom is 0.262 e. The lowest BCUT2D eigenvalue weighted by Crippen LogP contribution is -2.20. The molecule has 3 rings (SSSR count). The number of benzene rings is 2. The van der Waals surface area contributed by atoms with Crippen molar-refractivity contribution >= 4 is 11.6 Å². The van der Waals surface area contributed by atoms with E-state index in [1.165, 1.54) is 0 Å². The van der Waals surface area contributed by atoms with Gasteiger partial charge in [-0.1, -0.05) is 32.0 Å². The van der Waals surface area contributed by atoms with Crippen molar-refractivity contribution in [3.63, 3.8) is 0 Å². The highest BCUT2D eigenvalue weighted by Gasteiger charge is 2.16. The van der Waals surface area contributed by atoms with Crippen LogP contribution in [0, 0.1) is 0 Å². The summed E-state index contributed by atoms with van der Waals surface area (Å²) in [6.07, 6.45) is 2.34. The van der Waals surface area contributed by atoms with E-state index in [0.29, 0.717) is 18.2 Å². The van der Waals surface area contributed by atoms with Crippen LogP contribution in [0.25, 0.3) is 0 Å². The standard InChI is InChI=1S/C22H27NO4/c1-16(2)20-7-3-4-8-21(20)27-15-22(24)23-17-9-11-18(12-10-17)26-14-19-6-5-13-25-19/h3-4,7-12,16,19H,5-6,13-15H2,1-2H3,(H,23,24)/t19-/m1/s1. The first-order valence-electron chi connectivity index (χ1n) is 9.48. The quantitative estimate of drug-likeness (QED) is 0.750. The lowest BCUT2D eigenvalue weighted by Gasteiger charge is -2.14. The molecule has 2 aromatic rings. The van der Waals surface area contributed by atoms with Crippen molar-refractivity contribution in [2.45, 2.75) is 38.7 Å². The van der Waals surface area contributed by atoms with Crippen LogP contribution in [-0.2, 0) is 9.53 Å². The molecule has 144 valence electrons. The number of para-hydroxylation sites is 1. The minimum atomic E-state index is -0.193. The molecule has 1 saturated heterocycles. The van der Waals surface area contributed by atoms with Gasteiger partial charge in [0, 0.05) is 12.3 Å². The number of rotatable bonds is 8. The van der Waals surface area contributed by atoms with Gasteiger partial charge in [0.05, 0.1) is 6.10 Å². The van der Waals surface area contributed by atoms with Crippen LogP contribution in [0.15, 0.2) is 48.5 Å². The molecule has 1 atom stereocenters. The topological polar surface area (TPSA) is 56.8 Å². The van der Waals surface area contributed by atoms with Gasteiger partial charge in [0.2, 0.25) is 0 Å². The Hall–Kier alpha value is -2.53. The third kappa shape index (κ3) is 5.73. The molecule has 2 aromatic carbocycles. The fourth-order valence-corrected chi connectivity index (χ4v) is 3.03. The van der Waals surface area contributed by atoms with Crippen LogP contribution in [0.1, 0.15) is 38.2 Å². The molecule has 1 heterocycles. The highest BCUT2D eigenvalue weighted by molar-refractivity contribution is 5.91. The van der Waals surface area contributed by atoms with Gasteiger partial charge in [0.1, 0.15) is 18.1 Å². The molecule has 5 heteroatoms. The van der Waals surface area contributed by atoms with E-state index in [1.54, 1.807) is 0 Å². The fraction of sp³-hybridized carbons (Fsp3) is 0.409. The molecule has 1 fully saturated rings. The number of carbonyl (C=O) groups excluding carboxylic acids is 1. The Morgan fingerprint density at radius 2 is 1.93 bits per heavy atom. The lowest BCUT2D eigenvalue weighted by atomic mass is 10.0. The molecule has 27 heavy (non-hydrogen) atoms. The van der Waals surface area contributed by atoms with Crippen LogP contribution in [0.3, 0.4) is 0 Å². The Morgan fingerprint density at radius 1 is 1.15 bits per heavy atom. The summed E-state index contributed by atoms with van der Waals surface area (Å²) in [5.41, 5.74) is 1.81. The Morgan fingerprint density at radius 3 is 2.63 bits per heavy atom. The van der Waals surface area contributed by atoms with Crippen LogP contribution in [0.5, 0.6) is 11.5 Å². The molecular formula is C22H27NO4. The number of hydrogen-bond donors (Lipinski definition) is 1. The Labute approximate surface area is 160 Å². The first-order valence-corrected chi connectivity index (χ1v) is 9.48. The normalized spacial score (nSPS) is 16.3. The van der Waals surface area contributed by atoms with Crippen LogP contribution < -0.4 is 14.8 Å². The first kappa shape index (κ1) is 19.2. The molecule has 0 unspecified atom stereocenters. The summed E-state index contributed by atoms with van der Waals surface area (Å²) in [6.45, 7) is 5.56. The average molecular weight is 369 g/mol. The molecule has 1 aliphatic rings. The van der Waals surface area contributed by atoms with Crippen molar-refractivity contribution in [1.29, 1.82) is 0 Å². The number of anilines is 1. The molecule has 1 N–H and O–H groups in total. The second kappa shape index (κ2) is 9.42. The van der Waals surface area contributed by atoms with E-state index >= 15 is 0 Å². The number of nitrogens with one attached hydrogen (secondary N) is 1. The number of hydrogen-bond acceptors (Lipinski definition) is 4. The van der Waals surface area contributed by atoms with E-state index in [-0.39, 0.29) is 18.6 Å². The zero-order chi connectivity index (χ0) is 19.1. The SMILES string of the molecule is CC(C)c1ccccc1OCC(=O)Nc1ccc(OC[C@H]2CCCO2)cc1. The van der Waals surface area contributed by atoms with E-state index in [2.05, 4.69) is 19.2 Å². The minimum Gasteiger partial charge on any atom is -0.491 e. The fourth-order valence-electron chi connectivity index (χ4n) is 3.03. The molecule has 1 aliphatic heterocycles. The van der Waals surface area contributed by atoms with Crippen LogP contribution in [0.4, 0.5) is 5.69 Å². The Kier molecular flexibility index (Phi) is 6.71. The second-order valence-electron chi connectivity index (χ2n) is 7.00. The summed E-state index contributed by atoms with van der Waals surface area (Å²) in [7, 11) is 0.